The number of aliphatic hydroxyl groups excluding tert-OH is 1. The third-order valence-electron chi connectivity index (χ3n) is 4.17. The van der Waals surface area contributed by atoms with E-state index in [2.05, 4.69) is 6.92 Å². The molecule has 1 aromatic rings. The highest BCUT2D eigenvalue weighted by atomic mass is 16.5. The van der Waals surface area contributed by atoms with Crippen LogP contribution in [-0.2, 0) is 0 Å². The molecule has 0 amide bonds. The van der Waals surface area contributed by atoms with Crippen LogP contribution in [0.5, 0.6) is 5.75 Å². The molecule has 1 N–H and O–H groups in total. The molecule has 2 nitrogen and oxygen atoms in total. The summed E-state index contributed by atoms with van der Waals surface area (Å²) in [7, 11) is 0. The summed E-state index contributed by atoms with van der Waals surface area (Å²) in [5.41, 5.74) is 0.953. The average molecular weight is 248 g/mol. The Kier molecular flexibility index (Phi) is 4.28. The Morgan fingerprint density at radius 1 is 1.22 bits per heavy atom. The first-order valence-electron chi connectivity index (χ1n) is 7.07. The van der Waals surface area contributed by atoms with Crippen LogP contribution in [0.4, 0.5) is 0 Å². The molecule has 0 spiro atoms. The van der Waals surface area contributed by atoms with Crippen molar-refractivity contribution in [2.24, 2.45) is 5.41 Å². The summed E-state index contributed by atoms with van der Waals surface area (Å²) in [5, 5.41) is 10.7. The fraction of sp³-hybridized carbons (Fsp3) is 0.625. The van der Waals surface area contributed by atoms with Crippen LogP contribution in [0.1, 0.15) is 57.6 Å². The molecular formula is C16H24O2. The Labute approximate surface area is 110 Å². The molecule has 0 bridgehead atoms. The summed E-state index contributed by atoms with van der Waals surface area (Å²) in [6.45, 7) is 4.82. The van der Waals surface area contributed by atoms with E-state index in [1.54, 1.807) is 0 Å². The molecule has 1 fully saturated rings. The lowest BCUT2D eigenvalue weighted by molar-refractivity contribution is 0.00642. The molecule has 0 aromatic heterocycles. The lowest BCUT2D eigenvalue weighted by Crippen LogP contribution is -2.28. The van der Waals surface area contributed by atoms with Gasteiger partial charge in [0.15, 0.2) is 0 Å². The van der Waals surface area contributed by atoms with Crippen LogP contribution in [0.25, 0.3) is 0 Å². The second-order valence-electron chi connectivity index (χ2n) is 5.59. The zero-order valence-corrected chi connectivity index (χ0v) is 11.5. The smallest absolute Gasteiger partial charge is 0.125 e. The van der Waals surface area contributed by atoms with Gasteiger partial charge in [-0.2, -0.15) is 0 Å². The topological polar surface area (TPSA) is 29.5 Å². The highest BCUT2D eigenvalue weighted by Crippen LogP contribution is 2.47. The highest BCUT2D eigenvalue weighted by Gasteiger charge is 2.36. The molecule has 2 rings (SSSR count). The van der Waals surface area contributed by atoms with Gasteiger partial charge in [-0.25, -0.2) is 0 Å². The number of ether oxygens (including phenoxy) is 1. The Morgan fingerprint density at radius 2 is 1.89 bits per heavy atom. The van der Waals surface area contributed by atoms with E-state index in [1.165, 1.54) is 19.3 Å². The highest BCUT2D eigenvalue weighted by molar-refractivity contribution is 5.36. The van der Waals surface area contributed by atoms with Gasteiger partial charge in [0.2, 0.25) is 0 Å². The van der Waals surface area contributed by atoms with Crippen molar-refractivity contribution in [3.8, 4) is 5.75 Å². The van der Waals surface area contributed by atoms with Crippen LogP contribution in [-0.4, -0.2) is 11.7 Å². The fourth-order valence-corrected chi connectivity index (χ4v) is 3.00. The summed E-state index contributed by atoms with van der Waals surface area (Å²) in [5.74, 6) is 0.833. The van der Waals surface area contributed by atoms with E-state index >= 15 is 0 Å². The van der Waals surface area contributed by atoms with Gasteiger partial charge in [-0.15, -0.1) is 0 Å². The van der Waals surface area contributed by atoms with Gasteiger partial charge in [-0.05, 0) is 31.2 Å². The first kappa shape index (κ1) is 13.4. The van der Waals surface area contributed by atoms with Crippen molar-refractivity contribution < 1.29 is 9.84 Å². The van der Waals surface area contributed by atoms with Crippen molar-refractivity contribution in [1.82, 2.24) is 0 Å². The third-order valence-corrected chi connectivity index (χ3v) is 4.17. The zero-order valence-electron chi connectivity index (χ0n) is 11.5. The number of benzene rings is 1. The van der Waals surface area contributed by atoms with Crippen LogP contribution < -0.4 is 4.74 Å². The number of para-hydroxylation sites is 1. The second kappa shape index (κ2) is 5.75. The first-order valence-corrected chi connectivity index (χ1v) is 7.07. The van der Waals surface area contributed by atoms with Gasteiger partial charge in [0, 0.05) is 5.56 Å². The maximum atomic E-state index is 10.7. The summed E-state index contributed by atoms with van der Waals surface area (Å²) in [4.78, 5) is 0. The second-order valence-corrected chi connectivity index (χ2v) is 5.59. The van der Waals surface area contributed by atoms with Gasteiger partial charge in [-0.1, -0.05) is 44.4 Å². The Hall–Kier alpha value is -1.02. The van der Waals surface area contributed by atoms with Crippen molar-refractivity contribution in [2.75, 3.05) is 6.61 Å². The lowest BCUT2D eigenvalue weighted by Gasteiger charge is -2.38. The molecule has 1 aliphatic rings. The summed E-state index contributed by atoms with van der Waals surface area (Å²) in [6, 6.07) is 7.89. The molecular weight excluding hydrogens is 224 g/mol. The van der Waals surface area contributed by atoms with Crippen LogP contribution in [0, 0.1) is 5.41 Å². The molecule has 18 heavy (non-hydrogen) atoms. The molecule has 2 heteroatoms. The Morgan fingerprint density at radius 3 is 2.56 bits per heavy atom. The molecule has 1 aliphatic carbocycles. The summed E-state index contributed by atoms with van der Waals surface area (Å²) >= 11 is 0. The summed E-state index contributed by atoms with van der Waals surface area (Å²) < 4.78 is 5.63. The standard InChI is InChI=1S/C16H24O2/c1-3-18-14-10-6-5-9-13(14)15(17)16(2)11-7-4-8-12-16/h5-6,9-10,15,17H,3-4,7-8,11-12H2,1-2H3. The van der Waals surface area contributed by atoms with Crippen LogP contribution in [0.3, 0.4) is 0 Å². The third kappa shape index (κ3) is 2.69. The molecule has 1 atom stereocenters. The predicted molar refractivity (Wildman–Crippen MR) is 73.8 cm³/mol. The van der Waals surface area contributed by atoms with Crippen molar-refractivity contribution >= 4 is 0 Å². The largest absolute Gasteiger partial charge is 0.493 e. The van der Waals surface area contributed by atoms with Crippen LogP contribution >= 0.6 is 0 Å². The van der Waals surface area contributed by atoms with E-state index in [9.17, 15) is 5.11 Å². The quantitative estimate of drug-likeness (QED) is 0.869. The van der Waals surface area contributed by atoms with Crippen molar-refractivity contribution in [1.29, 1.82) is 0 Å². The zero-order chi connectivity index (χ0) is 13.0. The molecule has 0 heterocycles. The van der Waals surface area contributed by atoms with Crippen molar-refractivity contribution in [3.05, 3.63) is 29.8 Å². The Bertz CT molecular complexity index is 380. The monoisotopic (exact) mass is 248 g/mol. The minimum absolute atomic E-state index is 0.00541. The molecule has 0 radical (unpaired) electrons. The number of aliphatic hydroxyl groups is 1. The first-order chi connectivity index (χ1) is 8.67. The number of hydrogen-bond donors (Lipinski definition) is 1. The van der Waals surface area contributed by atoms with E-state index in [0.29, 0.717) is 6.61 Å². The van der Waals surface area contributed by atoms with E-state index in [0.717, 1.165) is 24.2 Å². The number of hydrogen-bond acceptors (Lipinski definition) is 2. The van der Waals surface area contributed by atoms with Gasteiger partial charge in [0.05, 0.1) is 12.7 Å². The van der Waals surface area contributed by atoms with Gasteiger partial charge < -0.3 is 9.84 Å². The van der Waals surface area contributed by atoms with Crippen LogP contribution in [0.2, 0.25) is 0 Å². The average Bonchev–Trinajstić information content (AvgIpc) is 2.40. The normalized spacial score (nSPS) is 20.4. The van der Waals surface area contributed by atoms with E-state index < -0.39 is 6.10 Å². The summed E-state index contributed by atoms with van der Waals surface area (Å²) in [6.07, 6.45) is 5.55. The SMILES string of the molecule is CCOc1ccccc1C(O)C1(C)CCCCC1. The number of rotatable bonds is 4. The van der Waals surface area contributed by atoms with Gasteiger partial charge in [0.1, 0.15) is 5.75 Å². The molecule has 1 saturated carbocycles. The van der Waals surface area contributed by atoms with Crippen molar-refractivity contribution in [3.63, 3.8) is 0 Å². The fourth-order valence-electron chi connectivity index (χ4n) is 3.00. The predicted octanol–water partition coefficient (Wildman–Crippen LogP) is 4.09. The molecule has 0 saturated heterocycles. The van der Waals surface area contributed by atoms with Gasteiger partial charge >= 0.3 is 0 Å². The van der Waals surface area contributed by atoms with E-state index in [4.69, 9.17) is 4.74 Å². The van der Waals surface area contributed by atoms with Gasteiger partial charge in [0.25, 0.3) is 0 Å². The van der Waals surface area contributed by atoms with Crippen LogP contribution in [0.15, 0.2) is 24.3 Å². The minimum Gasteiger partial charge on any atom is -0.493 e. The molecule has 0 aliphatic heterocycles. The van der Waals surface area contributed by atoms with Gasteiger partial charge in [-0.3, -0.25) is 0 Å². The molecule has 1 unspecified atom stereocenters. The maximum Gasteiger partial charge on any atom is 0.125 e. The maximum absolute atomic E-state index is 10.7. The van der Waals surface area contributed by atoms with E-state index in [1.807, 2.05) is 31.2 Å². The minimum atomic E-state index is -0.416. The molecule has 1 aromatic carbocycles. The van der Waals surface area contributed by atoms with Crippen molar-refractivity contribution in [2.45, 2.75) is 52.1 Å². The molecule has 100 valence electrons. The van der Waals surface area contributed by atoms with E-state index in [-0.39, 0.29) is 5.41 Å². The lowest BCUT2D eigenvalue weighted by atomic mass is 9.70. The Balaban J connectivity index is 2.24.